The second-order valence-electron chi connectivity index (χ2n) is 12.9. The van der Waals surface area contributed by atoms with Gasteiger partial charge in [-0.05, 0) is 79.2 Å². The third kappa shape index (κ3) is 6.96. The van der Waals surface area contributed by atoms with Crippen LogP contribution in [0.3, 0.4) is 0 Å². The Hall–Kier alpha value is -3.00. The molecule has 1 spiro atoms. The van der Waals surface area contributed by atoms with Crippen LogP contribution in [0.1, 0.15) is 114 Å². The molecule has 0 bridgehead atoms. The minimum absolute atomic E-state index is 0.0374. The van der Waals surface area contributed by atoms with Crippen LogP contribution >= 0.6 is 11.6 Å². The van der Waals surface area contributed by atoms with Crippen molar-refractivity contribution in [3.63, 3.8) is 0 Å². The summed E-state index contributed by atoms with van der Waals surface area (Å²) in [5.41, 5.74) is 1.91. The number of aliphatic imine (C=N–C) groups is 1. The lowest BCUT2D eigenvalue weighted by Gasteiger charge is -2.47. The zero-order valence-corrected chi connectivity index (χ0v) is 25.9. The molecule has 42 heavy (non-hydrogen) atoms. The molecule has 9 heteroatoms. The van der Waals surface area contributed by atoms with Gasteiger partial charge in [-0.25, -0.2) is 4.39 Å². The highest BCUT2D eigenvalue weighted by Crippen LogP contribution is 2.50. The van der Waals surface area contributed by atoms with Crippen LogP contribution in [-0.2, 0) is 9.59 Å². The summed E-state index contributed by atoms with van der Waals surface area (Å²) in [7, 11) is 0. The van der Waals surface area contributed by atoms with Crippen molar-refractivity contribution in [1.29, 1.82) is 0 Å². The van der Waals surface area contributed by atoms with E-state index in [0.717, 1.165) is 50.5 Å². The highest BCUT2D eigenvalue weighted by Gasteiger charge is 2.53. The van der Waals surface area contributed by atoms with Crippen molar-refractivity contribution in [3.05, 3.63) is 57.9 Å². The zero-order chi connectivity index (χ0) is 30.7. The van der Waals surface area contributed by atoms with E-state index in [1.807, 2.05) is 17.0 Å². The van der Waals surface area contributed by atoms with Gasteiger partial charge in [-0.2, -0.15) is 0 Å². The minimum atomic E-state index is -0.973. The molecule has 1 saturated carbocycles. The van der Waals surface area contributed by atoms with Crippen LogP contribution < -0.4 is 5.32 Å². The molecular weight excluding hydrogens is 557 g/mol. The number of halogens is 2. The van der Waals surface area contributed by atoms with Crippen LogP contribution in [0.25, 0.3) is 0 Å². The molecular formula is C33H43ClFN3O4. The number of carboxylic acid groups (broad SMARTS) is 1. The Morgan fingerprint density at radius 3 is 2.43 bits per heavy atom. The Balaban J connectivity index is 1.69. The molecule has 0 radical (unpaired) electrons. The number of rotatable bonds is 10. The SMILES string of the molecule is CCCCC(c1ccc(C(=O)NCCC(=O)O)cc1)N1C(=O)C(C2=CC(Cl)=C(F)CC2)=NC12CCC(C(C)(C)C)CC2. The molecule has 2 N–H and O–H groups in total. The molecule has 1 unspecified atom stereocenters. The maximum atomic E-state index is 14.4. The fourth-order valence-corrected chi connectivity index (χ4v) is 6.72. The minimum Gasteiger partial charge on any atom is -0.481 e. The Morgan fingerprint density at radius 1 is 1.19 bits per heavy atom. The lowest BCUT2D eigenvalue weighted by molar-refractivity contribution is -0.137. The van der Waals surface area contributed by atoms with Gasteiger partial charge >= 0.3 is 5.97 Å². The summed E-state index contributed by atoms with van der Waals surface area (Å²) in [4.78, 5) is 44.9. The van der Waals surface area contributed by atoms with E-state index in [9.17, 15) is 18.8 Å². The summed E-state index contributed by atoms with van der Waals surface area (Å²) >= 11 is 6.17. The van der Waals surface area contributed by atoms with Crippen LogP contribution in [0.2, 0.25) is 0 Å². The number of carbonyl (C=O) groups excluding carboxylic acids is 2. The highest BCUT2D eigenvalue weighted by atomic mass is 35.5. The van der Waals surface area contributed by atoms with Crippen molar-refractivity contribution in [2.75, 3.05) is 6.54 Å². The molecule has 7 nitrogen and oxygen atoms in total. The summed E-state index contributed by atoms with van der Waals surface area (Å²) in [6.45, 7) is 8.97. The van der Waals surface area contributed by atoms with Crippen LogP contribution in [-0.4, -0.2) is 45.7 Å². The second kappa shape index (κ2) is 13.1. The Labute approximate surface area is 253 Å². The second-order valence-corrected chi connectivity index (χ2v) is 13.3. The van der Waals surface area contributed by atoms with Gasteiger partial charge in [0.15, 0.2) is 0 Å². The molecule has 1 heterocycles. The monoisotopic (exact) mass is 599 g/mol. The van der Waals surface area contributed by atoms with Crippen molar-refractivity contribution in [3.8, 4) is 0 Å². The maximum Gasteiger partial charge on any atom is 0.305 e. The van der Waals surface area contributed by atoms with Gasteiger partial charge in [-0.3, -0.25) is 19.4 Å². The van der Waals surface area contributed by atoms with Gasteiger partial charge in [0.05, 0.1) is 17.5 Å². The number of aliphatic carboxylic acids is 1. The highest BCUT2D eigenvalue weighted by molar-refractivity contribution is 6.47. The van der Waals surface area contributed by atoms with Gasteiger partial charge < -0.3 is 15.3 Å². The molecule has 1 aliphatic heterocycles. The standard InChI is InChI=1S/C33H43ClFN3O4/c1-5-6-7-27(21-8-10-22(11-9-21)30(41)36-19-16-28(39)40)38-31(42)29(23-12-13-26(35)25(34)20-23)37-33(38)17-14-24(15-18-33)32(2,3)4/h8-11,20,24,27H,5-7,12-19H2,1-4H3,(H,36,41)(H,39,40). The van der Waals surface area contributed by atoms with Crippen molar-refractivity contribution in [2.45, 2.75) is 104 Å². The summed E-state index contributed by atoms with van der Waals surface area (Å²) in [6.07, 6.45) is 7.97. The molecule has 1 atom stereocenters. The Morgan fingerprint density at radius 2 is 1.86 bits per heavy atom. The topological polar surface area (TPSA) is 99.1 Å². The molecule has 2 amide bonds. The third-order valence-corrected chi connectivity index (χ3v) is 9.32. The molecule has 3 aliphatic rings. The summed E-state index contributed by atoms with van der Waals surface area (Å²) in [5, 5.41) is 11.5. The molecule has 1 aromatic carbocycles. The largest absolute Gasteiger partial charge is 0.481 e. The Bertz CT molecular complexity index is 1290. The number of benzene rings is 1. The van der Waals surface area contributed by atoms with Crippen LogP contribution in [0.4, 0.5) is 4.39 Å². The van der Waals surface area contributed by atoms with E-state index < -0.39 is 11.6 Å². The van der Waals surface area contributed by atoms with Crippen LogP contribution in [0, 0.1) is 11.3 Å². The number of carboxylic acids is 1. The summed E-state index contributed by atoms with van der Waals surface area (Å²) in [6, 6.07) is 6.99. The van der Waals surface area contributed by atoms with Crippen molar-refractivity contribution < 1.29 is 23.9 Å². The number of nitrogens with one attached hydrogen (secondary N) is 1. The normalized spacial score (nSPS) is 23.6. The lowest BCUT2D eigenvalue weighted by atomic mass is 9.69. The average molecular weight is 600 g/mol. The van der Waals surface area contributed by atoms with E-state index >= 15 is 0 Å². The van der Waals surface area contributed by atoms with Gasteiger partial charge in [-0.15, -0.1) is 0 Å². The molecule has 1 fully saturated rings. The first-order chi connectivity index (χ1) is 19.9. The summed E-state index contributed by atoms with van der Waals surface area (Å²) < 4.78 is 14.1. The van der Waals surface area contributed by atoms with Gasteiger partial charge in [0.1, 0.15) is 17.2 Å². The van der Waals surface area contributed by atoms with Crippen molar-refractivity contribution >= 4 is 35.1 Å². The van der Waals surface area contributed by atoms with Gasteiger partial charge in [0.25, 0.3) is 11.8 Å². The first kappa shape index (κ1) is 31.9. The average Bonchev–Trinajstić information content (AvgIpc) is 3.21. The lowest BCUT2D eigenvalue weighted by Crippen LogP contribution is -2.51. The molecule has 4 rings (SSSR count). The smallest absolute Gasteiger partial charge is 0.305 e. The van der Waals surface area contributed by atoms with Crippen molar-refractivity contribution in [1.82, 2.24) is 10.2 Å². The molecule has 0 saturated heterocycles. The number of carbonyl (C=O) groups is 3. The number of amides is 2. The van der Waals surface area contributed by atoms with Crippen LogP contribution in [0.15, 0.2) is 51.8 Å². The molecule has 2 aliphatic carbocycles. The first-order valence-corrected chi connectivity index (χ1v) is 15.5. The van der Waals surface area contributed by atoms with Crippen LogP contribution in [0.5, 0.6) is 0 Å². The fourth-order valence-electron chi connectivity index (χ4n) is 6.49. The van der Waals surface area contributed by atoms with Gasteiger partial charge in [0, 0.05) is 18.5 Å². The molecule has 228 valence electrons. The fraction of sp³-hybridized carbons (Fsp3) is 0.576. The zero-order valence-electron chi connectivity index (χ0n) is 25.1. The van der Waals surface area contributed by atoms with E-state index in [-0.39, 0.29) is 53.5 Å². The number of unbranched alkanes of at least 4 members (excludes halogenated alkanes) is 1. The number of allylic oxidation sites excluding steroid dienone is 3. The van der Waals surface area contributed by atoms with Gasteiger partial charge in [-0.1, -0.05) is 64.3 Å². The van der Waals surface area contributed by atoms with E-state index in [4.69, 9.17) is 21.7 Å². The predicted octanol–water partition coefficient (Wildman–Crippen LogP) is 7.48. The maximum absolute atomic E-state index is 14.4. The van der Waals surface area contributed by atoms with Gasteiger partial charge in [0.2, 0.25) is 0 Å². The van der Waals surface area contributed by atoms with E-state index in [0.29, 0.717) is 29.2 Å². The molecule has 0 aromatic heterocycles. The Kier molecular flexibility index (Phi) is 9.96. The number of hydrogen-bond donors (Lipinski definition) is 2. The third-order valence-electron chi connectivity index (χ3n) is 9.00. The van der Waals surface area contributed by atoms with E-state index in [1.165, 1.54) is 0 Å². The molecule has 1 aromatic rings. The van der Waals surface area contributed by atoms with Crippen molar-refractivity contribution in [2.24, 2.45) is 16.3 Å². The van der Waals surface area contributed by atoms with E-state index in [1.54, 1.807) is 18.2 Å². The first-order valence-electron chi connectivity index (χ1n) is 15.1. The quantitative estimate of drug-likeness (QED) is 0.291. The number of hydrogen-bond acceptors (Lipinski definition) is 4. The number of nitrogens with zero attached hydrogens (tertiary/aromatic N) is 2. The predicted molar refractivity (Wildman–Crippen MR) is 163 cm³/mol. The van der Waals surface area contributed by atoms with E-state index in [2.05, 4.69) is 33.0 Å². The summed E-state index contributed by atoms with van der Waals surface area (Å²) in [5.74, 6) is -1.29.